The van der Waals surface area contributed by atoms with Gasteiger partial charge in [-0.2, -0.15) is 10.2 Å². The Morgan fingerprint density at radius 1 is 1.26 bits per heavy atom. The van der Waals surface area contributed by atoms with Crippen LogP contribution in [0.4, 0.5) is 5.69 Å². The number of benzene rings is 1. The maximum absolute atomic E-state index is 12.6. The van der Waals surface area contributed by atoms with Gasteiger partial charge < -0.3 is 10.1 Å². The highest BCUT2D eigenvalue weighted by atomic mass is 32.1. The molecule has 3 aromatic heterocycles. The fraction of sp³-hybridized carbons (Fsp3) is 0.111. The molecule has 0 bridgehead atoms. The molecular formula is C18H15N5O3S. The van der Waals surface area contributed by atoms with Crippen molar-refractivity contribution in [2.75, 3.05) is 12.4 Å². The van der Waals surface area contributed by atoms with E-state index in [1.54, 1.807) is 37.4 Å². The number of nitrogens with one attached hydrogen (secondary N) is 1. The van der Waals surface area contributed by atoms with Gasteiger partial charge in [0, 0.05) is 11.8 Å². The summed E-state index contributed by atoms with van der Waals surface area (Å²) in [5, 5.41) is 13.1. The maximum Gasteiger partial charge on any atom is 0.293 e. The summed E-state index contributed by atoms with van der Waals surface area (Å²) < 4.78 is 7.67. The fourth-order valence-corrected chi connectivity index (χ4v) is 3.31. The molecule has 0 spiro atoms. The number of carbonyl (C=O) groups excluding carboxylic acids is 1. The summed E-state index contributed by atoms with van der Waals surface area (Å²) in [5.74, 6) is 0.269. The number of hydrogen-bond donors (Lipinski definition) is 1. The fourth-order valence-electron chi connectivity index (χ4n) is 2.63. The Bertz CT molecular complexity index is 1160. The zero-order valence-electron chi connectivity index (χ0n) is 14.3. The van der Waals surface area contributed by atoms with Crippen molar-refractivity contribution < 1.29 is 9.53 Å². The number of thiophene rings is 1. The van der Waals surface area contributed by atoms with E-state index in [0.29, 0.717) is 22.6 Å². The molecule has 1 amide bonds. The van der Waals surface area contributed by atoms with E-state index in [-0.39, 0.29) is 18.0 Å². The molecule has 27 heavy (non-hydrogen) atoms. The first-order valence-electron chi connectivity index (χ1n) is 8.07. The summed E-state index contributed by atoms with van der Waals surface area (Å²) in [6.45, 7) is -0.202. The molecule has 0 aliphatic rings. The van der Waals surface area contributed by atoms with Gasteiger partial charge in [0.1, 0.15) is 29.8 Å². The predicted octanol–water partition coefficient (Wildman–Crippen LogP) is 2.27. The first-order chi connectivity index (χ1) is 13.1. The van der Waals surface area contributed by atoms with Crippen molar-refractivity contribution in [1.82, 2.24) is 19.4 Å². The van der Waals surface area contributed by atoms with Gasteiger partial charge in [0.15, 0.2) is 0 Å². The van der Waals surface area contributed by atoms with Gasteiger partial charge in [-0.15, -0.1) is 11.3 Å². The second-order valence-electron chi connectivity index (χ2n) is 5.71. The highest BCUT2D eigenvalue weighted by molar-refractivity contribution is 7.13. The normalized spacial score (nSPS) is 10.9. The Balaban J connectivity index is 1.57. The minimum Gasteiger partial charge on any atom is -0.497 e. The molecule has 0 saturated heterocycles. The summed E-state index contributed by atoms with van der Waals surface area (Å²) in [7, 11) is 1.55. The number of nitrogens with zero attached hydrogens (tertiary/aromatic N) is 4. The lowest BCUT2D eigenvalue weighted by atomic mass is 10.3. The summed E-state index contributed by atoms with van der Waals surface area (Å²) in [6.07, 6.45) is 1.42. The smallest absolute Gasteiger partial charge is 0.293 e. The van der Waals surface area contributed by atoms with Crippen molar-refractivity contribution in [1.29, 1.82) is 0 Å². The Labute approximate surface area is 157 Å². The van der Waals surface area contributed by atoms with Crippen LogP contribution in [0.1, 0.15) is 0 Å². The van der Waals surface area contributed by atoms with Crippen molar-refractivity contribution in [3.8, 4) is 16.3 Å². The number of anilines is 1. The standard InChI is InChI=1S/C18H15N5O3S/c1-26-13-5-2-4-12(8-13)20-17(24)10-22-18(25)15-9-14(16-6-3-7-27-16)21-23(15)11-19-22/h2-9,11H,10H2,1H3,(H,20,24). The minimum absolute atomic E-state index is 0.202. The molecule has 1 N–H and O–H groups in total. The van der Waals surface area contributed by atoms with Gasteiger partial charge in [-0.3, -0.25) is 9.59 Å². The third-order valence-corrected chi connectivity index (χ3v) is 4.80. The van der Waals surface area contributed by atoms with E-state index in [1.807, 2.05) is 17.5 Å². The van der Waals surface area contributed by atoms with Gasteiger partial charge in [0.2, 0.25) is 5.91 Å². The number of fused-ring (bicyclic) bond motifs is 1. The lowest BCUT2D eigenvalue weighted by Gasteiger charge is -2.08. The average Bonchev–Trinajstić information content (AvgIpc) is 3.34. The lowest BCUT2D eigenvalue weighted by molar-refractivity contribution is -0.117. The molecule has 3 heterocycles. The van der Waals surface area contributed by atoms with E-state index in [1.165, 1.54) is 22.2 Å². The first-order valence-corrected chi connectivity index (χ1v) is 8.95. The van der Waals surface area contributed by atoms with E-state index in [2.05, 4.69) is 15.5 Å². The zero-order valence-corrected chi connectivity index (χ0v) is 15.1. The maximum atomic E-state index is 12.6. The SMILES string of the molecule is COc1cccc(NC(=O)Cn2ncn3nc(-c4cccs4)cc3c2=O)c1. The number of carbonyl (C=O) groups is 1. The predicted molar refractivity (Wildman–Crippen MR) is 102 cm³/mol. The van der Waals surface area contributed by atoms with Crippen molar-refractivity contribution >= 4 is 28.4 Å². The summed E-state index contributed by atoms with van der Waals surface area (Å²) in [4.78, 5) is 25.9. The Hall–Kier alpha value is -3.46. The van der Waals surface area contributed by atoms with E-state index in [4.69, 9.17) is 4.74 Å². The van der Waals surface area contributed by atoms with Crippen LogP contribution in [0.2, 0.25) is 0 Å². The van der Waals surface area contributed by atoms with Gasteiger partial charge in [-0.05, 0) is 29.6 Å². The topological polar surface area (TPSA) is 90.5 Å². The van der Waals surface area contributed by atoms with Crippen molar-refractivity contribution in [2.24, 2.45) is 0 Å². The number of methoxy groups -OCH3 is 1. The molecule has 0 unspecified atom stereocenters. The van der Waals surface area contributed by atoms with Gasteiger partial charge >= 0.3 is 0 Å². The Morgan fingerprint density at radius 2 is 2.15 bits per heavy atom. The number of aromatic nitrogens is 4. The second kappa shape index (κ2) is 7.04. The number of amides is 1. The summed E-state index contributed by atoms with van der Waals surface area (Å²) in [5.41, 5.74) is 1.26. The van der Waals surface area contributed by atoms with E-state index >= 15 is 0 Å². The van der Waals surface area contributed by atoms with Gasteiger partial charge in [-0.25, -0.2) is 9.20 Å². The largest absolute Gasteiger partial charge is 0.497 e. The number of rotatable bonds is 5. The van der Waals surface area contributed by atoms with Crippen molar-refractivity contribution in [3.05, 3.63) is 64.5 Å². The van der Waals surface area contributed by atoms with Crippen LogP contribution < -0.4 is 15.6 Å². The van der Waals surface area contributed by atoms with Crippen LogP contribution in [-0.2, 0) is 11.3 Å². The van der Waals surface area contributed by atoms with Crippen molar-refractivity contribution in [3.63, 3.8) is 0 Å². The molecular weight excluding hydrogens is 366 g/mol. The van der Waals surface area contributed by atoms with Gasteiger partial charge in [-0.1, -0.05) is 12.1 Å². The molecule has 4 aromatic rings. The highest BCUT2D eigenvalue weighted by Crippen LogP contribution is 2.23. The van der Waals surface area contributed by atoms with Crippen LogP contribution in [0.5, 0.6) is 5.75 Å². The molecule has 136 valence electrons. The van der Waals surface area contributed by atoms with Gasteiger partial charge in [0.05, 0.1) is 12.0 Å². The highest BCUT2D eigenvalue weighted by Gasteiger charge is 2.13. The van der Waals surface area contributed by atoms with Crippen LogP contribution in [0.3, 0.4) is 0 Å². The quantitative estimate of drug-likeness (QED) is 0.573. The van der Waals surface area contributed by atoms with Crippen molar-refractivity contribution in [2.45, 2.75) is 6.54 Å². The monoisotopic (exact) mass is 381 g/mol. The molecule has 0 radical (unpaired) electrons. The summed E-state index contributed by atoms with van der Waals surface area (Å²) >= 11 is 1.54. The second-order valence-corrected chi connectivity index (χ2v) is 6.66. The van der Waals surface area contributed by atoms with E-state index in [9.17, 15) is 9.59 Å². The van der Waals surface area contributed by atoms with Gasteiger partial charge in [0.25, 0.3) is 5.56 Å². The van der Waals surface area contributed by atoms with Crippen LogP contribution >= 0.6 is 11.3 Å². The van der Waals surface area contributed by atoms with Crippen LogP contribution in [0, 0.1) is 0 Å². The van der Waals surface area contributed by atoms with E-state index in [0.717, 1.165) is 9.56 Å². The zero-order chi connectivity index (χ0) is 18.8. The molecule has 0 atom stereocenters. The minimum atomic E-state index is -0.381. The summed E-state index contributed by atoms with van der Waals surface area (Å²) in [6, 6.07) is 12.5. The molecule has 1 aromatic carbocycles. The third kappa shape index (κ3) is 3.44. The third-order valence-electron chi connectivity index (χ3n) is 3.91. The molecule has 0 fully saturated rings. The van der Waals surface area contributed by atoms with E-state index < -0.39 is 0 Å². The lowest BCUT2D eigenvalue weighted by Crippen LogP contribution is -2.30. The molecule has 0 aliphatic carbocycles. The molecule has 8 nitrogen and oxygen atoms in total. The number of ether oxygens (including phenoxy) is 1. The van der Waals surface area contributed by atoms with Crippen LogP contribution in [-0.4, -0.2) is 32.4 Å². The first kappa shape index (κ1) is 17.0. The Kier molecular flexibility index (Phi) is 4.43. The Morgan fingerprint density at radius 3 is 2.93 bits per heavy atom. The number of hydrogen-bond acceptors (Lipinski definition) is 6. The molecule has 0 aliphatic heterocycles. The molecule has 4 rings (SSSR count). The molecule has 9 heteroatoms. The van der Waals surface area contributed by atoms with Crippen LogP contribution in [0.25, 0.3) is 16.1 Å². The average molecular weight is 381 g/mol. The molecule has 0 saturated carbocycles. The van der Waals surface area contributed by atoms with Crippen LogP contribution in [0.15, 0.2) is 59.0 Å².